The molecule has 0 bridgehead atoms. The number of urea groups is 1. The summed E-state index contributed by atoms with van der Waals surface area (Å²) < 4.78 is 54.0. The Labute approximate surface area is 291 Å². The molecule has 0 unspecified atom stereocenters. The summed E-state index contributed by atoms with van der Waals surface area (Å²) in [4.78, 5) is 21.0. The number of nitrogens with two attached hydrogens (primary N) is 1. The molecule has 3 aromatic carbocycles. The minimum Gasteiger partial charge on any atom is -0.397 e. The summed E-state index contributed by atoms with van der Waals surface area (Å²) >= 11 is 0. The molecule has 1 aromatic heterocycles. The number of halogens is 1. The molecule has 2 heterocycles. The first-order chi connectivity index (χ1) is 24.0. The fourth-order valence-electron chi connectivity index (χ4n) is 5.33. The van der Waals surface area contributed by atoms with Crippen LogP contribution in [0.4, 0.5) is 20.6 Å². The van der Waals surface area contributed by atoms with Gasteiger partial charge in [0, 0.05) is 42.2 Å². The Bertz CT molecular complexity index is 1780. The van der Waals surface area contributed by atoms with Crippen molar-refractivity contribution in [2.45, 2.75) is 58.5 Å². The second-order valence-electron chi connectivity index (χ2n) is 12.1. The first-order valence-corrected chi connectivity index (χ1v) is 17.7. The third-order valence-corrected chi connectivity index (χ3v) is 9.34. The molecule has 1 aliphatic heterocycles. The Morgan fingerprint density at radius 3 is 2.20 bits per heavy atom. The number of aromatic nitrogens is 2. The summed E-state index contributed by atoms with van der Waals surface area (Å²) in [5.41, 5.74) is 7.81. The molecule has 5 N–H and O–H groups in total. The lowest BCUT2D eigenvalue weighted by atomic mass is 9.96. The number of amides is 2. The van der Waals surface area contributed by atoms with E-state index in [1.165, 1.54) is 18.5 Å². The van der Waals surface area contributed by atoms with Gasteiger partial charge in [0.05, 0.1) is 30.7 Å². The SMILES string of the molecule is C=C(NC(=O)NCC)Nc1c(N)cc(-c2cnc(C(C)(C)OP(=O)(OCc3ccccc3)OCc3ccccc3)nc2)c(F)c1[C@H]1CCCO1. The van der Waals surface area contributed by atoms with Gasteiger partial charge in [-0.05, 0) is 50.8 Å². The summed E-state index contributed by atoms with van der Waals surface area (Å²) in [6.45, 7) is 9.74. The summed E-state index contributed by atoms with van der Waals surface area (Å²) in [5, 5.41) is 8.12. The minimum absolute atomic E-state index is 0.0171. The number of nitrogen functional groups attached to an aromatic ring is 1. The quantitative estimate of drug-likeness (QED) is 0.0713. The van der Waals surface area contributed by atoms with Crippen LogP contribution < -0.4 is 21.7 Å². The molecule has 4 aromatic rings. The molecular weight excluding hydrogens is 662 g/mol. The molecular formula is C36H42FN6O6P. The van der Waals surface area contributed by atoms with Gasteiger partial charge in [0.15, 0.2) is 5.82 Å². The Balaban J connectivity index is 1.39. The van der Waals surface area contributed by atoms with Gasteiger partial charge < -0.3 is 21.1 Å². The van der Waals surface area contributed by atoms with Crippen molar-refractivity contribution in [3.8, 4) is 11.1 Å². The van der Waals surface area contributed by atoms with Crippen molar-refractivity contribution < 1.29 is 32.1 Å². The van der Waals surface area contributed by atoms with Crippen LogP contribution in [0.2, 0.25) is 0 Å². The average Bonchev–Trinajstić information content (AvgIpc) is 3.64. The van der Waals surface area contributed by atoms with Gasteiger partial charge in [0.2, 0.25) is 0 Å². The van der Waals surface area contributed by atoms with E-state index < -0.39 is 31.4 Å². The number of nitrogens with one attached hydrogen (secondary N) is 3. The van der Waals surface area contributed by atoms with E-state index in [1.807, 2.05) is 60.7 Å². The maximum atomic E-state index is 16.4. The number of carbonyl (C=O) groups is 1. The van der Waals surface area contributed by atoms with Crippen LogP contribution in [0.15, 0.2) is 91.5 Å². The van der Waals surface area contributed by atoms with E-state index in [0.717, 1.165) is 17.5 Å². The number of phosphoric ester groups is 1. The van der Waals surface area contributed by atoms with E-state index in [0.29, 0.717) is 25.1 Å². The van der Waals surface area contributed by atoms with Crippen LogP contribution >= 0.6 is 7.82 Å². The third kappa shape index (κ3) is 9.32. The second-order valence-corrected chi connectivity index (χ2v) is 13.7. The third-order valence-electron chi connectivity index (χ3n) is 7.77. The highest BCUT2D eigenvalue weighted by Gasteiger charge is 2.39. The van der Waals surface area contributed by atoms with Crippen molar-refractivity contribution in [1.82, 2.24) is 20.6 Å². The topological polar surface area (TPSA) is 159 Å². The molecule has 5 rings (SSSR count). The van der Waals surface area contributed by atoms with Crippen LogP contribution in [0, 0.1) is 5.82 Å². The Morgan fingerprint density at radius 2 is 1.66 bits per heavy atom. The molecule has 0 spiro atoms. The van der Waals surface area contributed by atoms with Crippen LogP contribution in [-0.2, 0) is 41.7 Å². The Kier molecular flexibility index (Phi) is 12.0. The monoisotopic (exact) mass is 704 g/mol. The van der Waals surface area contributed by atoms with E-state index >= 15 is 4.39 Å². The number of anilines is 2. The van der Waals surface area contributed by atoms with E-state index in [2.05, 4.69) is 32.5 Å². The first kappa shape index (κ1) is 36.6. The Morgan fingerprint density at radius 1 is 1.06 bits per heavy atom. The maximum absolute atomic E-state index is 16.4. The van der Waals surface area contributed by atoms with Gasteiger partial charge in [0.1, 0.15) is 17.2 Å². The van der Waals surface area contributed by atoms with Gasteiger partial charge in [-0.2, -0.15) is 0 Å². The number of ether oxygens (including phenoxy) is 1. The predicted octanol–water partition coefficient (Wildman–Crippen LogP) is 7.71. The van der Waals surface area contributed by atoms with Gasteiger partial charge in [-0.15, -0.1) is 0 Å². The number of phosphoric acid groups is 1. The smallest absolute Gasteiger partial charge is 0.397 e. The van der Waals surface area contributed by atoms with Crippen molar-refractivity contribution in [3.63, 3.8) is 0 Å². The summed E-state index contributed by atoms with van der Waals surface area (Å²) in [5.74, 6) is -0.312. The molecule has 12 nitrogen and oxygen atoms in total. The van der Waals surface area contributed by atoms with Gasteiger partial charge in [-0.25, -0.2) is 23.7 Å². The largest absolute Gasteiger partial charge is 0.476 e. The lowest BCUT2D eigenvalue weighted by Crippen LogP contribution is -2.36. The van der Waals surface area contributed by atoms with Crippen molar-refractivity contribution >= 4 is 25.2 Å². The highest BCUT2D eigenvalue weighted by atomic mass is 31.2. The van der Waals surface area contributed by atoms with Crippen LogP contribution in [0.1, 0.15) is 62.2 Å². The zero-order valence-electron chi connectivity index (χ0n) is 28.3. The molecule has 14 heteroatoms. The molecule has 1 aliphatic rings. The highest BCUT2D eigenvalue weighted by Crippen LogP contribution is 2.55. The van der Waals surface area contributed by atoms with Crippen LogP contribution in [0.25, 0.3) is 11.1 Å². The molecule has 1 saturated heterocycles. The number of nitrogens with zero attached hydrogens (tertiary/aromatic N) is 2. The maximum Gasteiger partial charge on any atom is 0.476 e. The zero-order chi connectivity index (χ0) is 35.7. The van der Waals surface area contributed by atoms with Crippen molar-refractivity contribution in [2.75, 3.05) is 24.2 Å². The van der Waals surface area contributed by atoms with Crippen molar-refractivity contribution in [1.29, 1.82) is 0 Å². The summed E-state index contributed by atoms with van der Waals surface area (Å²) in [6.07, 6.45) is 3.61. The molecule has 1 atom stereocenters. The van der Waals surface area contributed by atoms with Crippen LogP contribution in [-0.4, -0.2) is 29.2 Å². The van der Waals surface area contributed by atoms with Gasteiger partial charge in [-0.1, -0.05) is 67.2 Å². The molecule has 1 fully saturated rings. The molecule has 0 radical (unpaired) electrons. The number of hydrogen-bond acceptors (Lipinski definition) is 10. The number of hydrogen-bond donors (Lipinski definition) is 4. The molecule has 0 aliphatic carbocycles. The molecule has 50 heavy (non-hydrogen) atoms. The molecule has 0 saturated carbocycles. The fraction of sp³-hybridized carbons (Fsp3) is 0.306. The van der Waals surface area contributed by atoms with E-state index in [4.69, 9.17) is 24.0 Å². The minimum atomic E-state index is -4.19. The zero-order valence-corrected chi connectivity index (χ0v) is 29.2. The van der Waals surface area contributed by atoms with Gasteiger partial charge >= 0.3 is 13.9 Å². The number of rotatable bonds is 15. The second kappa shape index (κ2) is 16.4. The lowest BCUT2D eigenvalue weighted by Gasteiger charge is -2.28. The normalized spacial score (nSPS) is 14.7. The van der Waals surface area contributed by atoms with Gasteiger partial charge in [0.25, 0.3) is 0 Å². The number of benzene rings is 3. The van der Waals surface area contributed by atoms with Crippen molar-refractivity contribution in [2.24, 2.45) is 0 Å². The molecule has 2 amide bonds. The van der Waals surface area contributed by atoms with E-state index in [9.17, 15) is 9.36 Å². The predicted molar refractivity (Wildman–Crippen MR) is 189 cm³/mol. The summed E-state index contributed by atoms with van der Waals surface area (Å²) in [6, 6.07) is 19.5. The average molecular weight is 705 g/mol. The van der Waals surface area contributed by atoms with E-state index in [-0.39, 0.29) is 47.4 Å². The number of carbonyl (C=O) groups excluding carboxylic acids is 1. The summed E-state index contributed by atoms with van der Waals surface area (Å²) in [7, 11) is -4.19. The lowest BCUT2D eigenvalue weighted by molar-refractivity contribution is 0.0188. The van der Waals surface area contributed by atoms with Crippen LogP contribution in [0.3, 0.4) is 0 Å². The Hall–Kier alpha value is -4.65. The van der Waals surface area contributed by atoms with Crippen LogP contribution in [0.5, 0.6) is 0 Å². The fourth-order valence-corrected chi connectivity index (χ4v) is 6.76. The first-order valence-electron chi connectivity index (χ1n) is 16.2. The van der Waals surface area contributed by atoms with Gasteiger partial charge in [-0.3, -0.25) is 18.9 Å². The van der Waals surface area contributed by atoms with E-state index in [1.54, 1.807) is 20.8 Å². The van der Waals surface area contributed by atoms with Crippen molar-refractivity contribution in [3.05, 3.63) is 120 Å². The highest BCUT2D eigenvalue weighted by molar-refractivity contribution is 7.48. The standard InChI is InChI=1S/C36H42FN6O6P/c1-5-39-35(44)43-24(2)42-33-29(38)19-28(32(37)31(33)30-17-12-18-46-30)27-20-40-34(41-21-27)36(3,4)49-50(45,47-22-25-13-8-6-9-14-25)48-23-26-15-10-7-11-16-26/h6-11,13-16,19-21,30,42H,2,5,12,17-18,22-23,38H2,1,3-4H3,(H2,39,43,44)/t30-/m1/s1. The molecule has 264 valence electrons.